The van der Waals surface area contributed by atoms with Gasteiger partial charge in [0.1, 0.15) is 0 Å². The van der Waals surface area contributed by atoms with Gasteiger partial charge in [-0.15, -0.1) is 0 Å². The second-order valence-corrected chi connectivity index (χ2v) is 5.99. The number of fused-ring (bicyclic) bond motifs is 3. The molecule has 2 heteroatoms. The van der Waals surface area contributed by atoms with Crippen LogP contribution in [-0.4, -0.2) is 11.1 Å². The van der Waals surface area contributed by atoms with Crippen LogP contribution >= 0.6 is 0 Å². The first-order chi connectivity index (χ1) is 8.05. The van der Waals surface area contributed by atoms with Gasteiger partial charge in [0.2, 0.25) is 0 Å². The van der Waals surface area contributed by atoms with Gasteiger partial charge in [0.15, 0.2) is 0 Å². The monoisotopic (exact) mass is 228 g/mol. The van der Waals surface area contributed by atoms with Gasteiger partial charge in [0, 0.05) is 36.2 Å². The van der Waals surface area contributed by atoms with Crippen LogP contribution in [0.15, 0.2) is 24.3 Å². The fraction of sp³-hybridized carbons (Fsp3) is 0.467. The third-order valence-electron chi connectivity index (χ3n) is 3.67. The highest BCUT2D eigenvalue weighted by molar-refractivity contribution is 5.82. The fourth-order valence-corrected chi connectivity index (χ4v) is 2.61. The second kappa shape index (κ2) is 3.61. The Kier molecular flexibility index (Phi) is 2.30. The number of rotatable bonds is 0. The molecule has 0 bridgehead atoms. The highest BCUT2D eigenvalue weighted by Crippen LogP contribution is 2.28. The molecule has 0 atom stereocenters. The van der Waals surface area contributed by atoms with Gasteiger partial charge in [-0.2, -0.15) is 0 Å². The van der Waals surface area contributed by atoms with Crippen LogP contribution in [0.2, 0.25) is 0 Å². The number of nitrogens with one attached hydrogen (secondary N) is 1. The molecule has 3 rings (SSSR count). The Bertz CT molecular complexity index is 558. The smallest absolute Gasteiger partial charge is 0.0483 e. The van der Waals surface area contributed by atoms with Crippen LogP contribution in [-0.2, 0) is 18.5 Å². The highest BCUT2D eigenvalue weighted by atomic mass is 15.1. The van der Waals surface area contributed by atoms with Crippen LogP contribution < -0.4 is 5.32 Å². The average Bonchev–Trinajstić information content (AvgIpc) is 2.65. The number of hydrogen-bond acceptors (Lipinski definition) is 1. The molecule has 2 heterocycles. The minimum atomic E-state index is 0.231. The van der Waals surface area contributed by atoms with E-state index in [0.717, 1.165) is 19.6 Å². The molecule has 0 unspecified atom stereocenters. The van der Waals surface area contributed by atoms with E-state index in [9.17, 15) is 0 Å². The van der Waals surface area contributed by atoms with Gasteiger partial charge in [-0.1, -0.05) is 26.8 Å². The summed E-state index contributed by atoms with van der Waals surface area (Å²) in [7, 11) is 0. The number of hydrogen-bond donors (Lipinski definition) is 1. The van der Waals surface area contributed by atoms with Gasteiger partial charge >= 0.3 is 0 Å². The predicted octanol–water partition coefficient (Wildman–Crippen LogP) is 3.04. The summed E-state index contributed by atoms with van der Waals surface area (Å²) in [5.74, 6) is 0. The number of aromatic nitrogens is 1. The van der Waals surface area contributed by atoms with Gasteiger partial charge in [-0.05, 0) is 29.2 Å². The second-order valence-electron chi connectivity index (χ2n) is 5.99. The maximum atomic E-state index is 3.43. The third-order valence-corrected chi connectivity index (χ3v) is 3.67. The molecule has 0 saturated heterocycles. The third kappa shape index (κ3) is 1.77. The molecule has 0 spiro atoms. The molecule has 0 aliphatic carbocycles. The minimum absolute atomic E-state index is 0.231. The molecule has 2 aromatic rings. The normalized spacial score (nSPS) is 16.2. The van der Waals surface area contributed by atoms with Gasteiger partial charge in [0.25, 0.3) is 0 Å². The zero-order chi connectivity index (χ0) is 12.0. The van der Waals surface area contributed by atoms with E-state index in [4.69, 9.17) is 0 Å². The van der Waals surface area contributed by atoms with E-state index in [1.165, 1.54) is 22.2 Å². The molecule has 0 radical (unpaired) electrons. The zero-order valence-electron chi connectivity index (χ0n) is 10.9. The molecule has 17 heavy (non-hydrogen) atoms. The maximum Gasteiger partial charge on any atom is 0.0483 e. The van der Waals surface area contributed by atoms with Crippen molar-refractivity contribution in [1.82, 2.24) is 9.88 Å². The molecule has 1 aliphatic rings. The molecule has 90 valence electrons. The Labute approximate surface area is 103 Å². The first kappa shape index (κ1) is 10.8. The summed E-state index contributed by atoms with van der Waals surface area (Å²) in [4.78, 5) is 0. The first-order valence-electron chi connectivity index (χ1n) is 6.39. The lowest BCUT2D eigenvalue weighted by atomic mass is 9.86. The highest BCUT2D eigenvalue weighted by Gasteiger charge is 2.17. The van der Waals surface area contributed by atoms with Crippen molar-refractivity contribution in [3.63, 3.8) is 0 Å². The summed E-state index contributed by atoms with van der Waals surface area (Å²) in [6.07, 6.45) is 0. The zero-order valence-corrected chi connectivity index (χ0v) is 10.9. The van der Waals surface area contributed by atoms with Crippen molar-refractivity contribution in [1.29, 1.82) is 0 Å². The molecule has 0 fully saturated rings. The first-order valence-corrected chi connectivity index (χ1v) is 6.39. The Balaban J connectivity index is 2.18. The Morgan fingerprint density at radius 1 is 1.18 bits per heavy atom. The van der Waals surface area contributed by atoms with Crippen molar-refractivity contribution >= 4 is 10.9 Å². The lowest BCUT2D eigenvalue weighted by Gasteiger charge is -2.20. The summed E-state index contributed by atoms with van der Waals surface area (Å²) in [5, 5.41) is 4.81. The molecule has 1 N–H and O–H groups in total. The van der Waals surface area contributed by atoms with Gasteiger partial charge in [0.05, 0.1) is 0 Å². The summed E-state index contributed by atoms with van der Waals surface area (Å²) in [6.45, 7) is 9.98. The topological polar surface area (TPSA) is 17.0 Å². The SMILES string of the molecule is CC(C)(C)c1ccc2c(c1)cc1n2CCNC1. The molecule has 1 aromatic heterocycles. The van der Waals surface area contributed by atoms with E-state index in [-0.39, 0.29) is 5.41 Å². The van der Waals surface area contributed by atoms with E-state index in [0.29, 0.717) is 0 Å². The molecule has 1 aromatic carbocycles. The summed E-state index contributed by atoms with van der Waals surface area (Å²) < 4.78 is 2.44. The van der Waals surface area contributed by atoms with Crippen LogP contribution in [0.5, 0.6) is 0 Å². The van der Waals surface area contributed by atoms with Crippen molar-refractivity contribution in [3.8, 4) is 0 Å². The van der Waals surface area contributed by atoms with Crippen LogP contribution in [0.1, 0.15) is 32.0 Å². The lowest BCUT2D eigenvalue weighted by molar-refractivity contribution is 0.527. The van der Waals surface area contributed by atoms with Crippen LogP contribution in [0, 0.1) is 0 Å². The largest absolute Gasteiger partial charge is 0.342 e. The van der Waals surface area contributed by atoms with Crippen molar-refractivity contribution in [2.24, 2.45) is 0 Å². The number of benzene rings is 1. The van der Waals surface area contributed by atoms with Gasteiger partial charge in [-0.25, -0.2) is 0 Å². The summed E-state index contributed by atoms with van der Waals surface area (Å²) in [6, 6.07) is 9.24. The molecular formula is C15H20N2. The molecule has 0 saturated carbocycles. The Morgan fingerprint density at radius 2 is 2.00 bits per heavy atom. The average molecular weight is 228 g/mol. The van der Waals surface area contributed by atoms with Crippen molar-refractivity contribution in [2.45, 2.75) is 39.3 Å². The van der Waals surface area contributed by atoms with E-state index in [1.54, 1.807) is 0 Å². The lowest BCUT2D eigenvalue weighted by Crippen LogP contribution is -2.27. The van der Waals surface area contributed by atoms with E-state index < -0.39 is 0 Å². The van der Waals surface area contributed by atoms with Crippen LogP contribution in [0.3, 0.4) is 0 Å². The fourth-order valence-electron chi connectivity index (χ4n) is 2.61. The molecule has 1 aliphatic heterocycles. The van der Waals surface area contributed by atoms with Crippen molar-refractivity contribution in [3.05, 3.63) is 35.5 Å². The predicted molar refractivity (Wildman–Crippen MR) is 72.3 cm³/mol. The van der Waals surface area contributed by atoms with Gasteiger partial charge < -0.3 is 9.88 Å². The number of nitrogens with zero attached hydrogens (tertiary/aromatic N) is 1. The molecule has 2 nitrogen and oxygen atoms in total. The summed E-state index contributed by atoms with van der Waals surface area (Å²) >= 11 is 0. The van der Waals surface area contributed by atoms with E-state index in [1.807, 2.05) is 0 Å². The standard InChI is InChI=1S/C15H20N2/c1-15(2,3)12-4-5-14-11(8-12)9-13-10-16-6-7-17(13)14/h4-5,8-9,16H,6-7,10H2,1-3H3. The maximum absolute atomic E-state index is 3.43. The van der Waals surface area contributed by atoms with Crippen molar-refractivity contribution in [2.75, 3.05) is 6.54 Å². The van der Waals surface area contributed by atoms with E-state index >= 15 is 0 Å². The Morgan fingerprint density at radius 3 is 2.76 bits per heavy atom. The van der Waals surface area contributed by atoms with Crippen molar-refractivity contribution < 1.29 is 0 Å². The van der Waals surface area contributed by atoms with Crippen LogP contribution in [0.4, 0.5) is 0 Å². The van der Waals surface area contributed by atoms with E-state index in [2.05, 4.69) is 54.9 Å². The molecular weight excluding hydrogens is 208 g/mol. The van der Waals surface area contributed by atoms with Crippen LogP contribution in [0.25, 0.3) is 10.9 Å². The summed E-state index contributed by atoms with van der Waals surface area (Å²) in [5.41, 5.74) is 4.45. The molecule has 0 amide bonds. The Hall–Kier alpha value is -1.28. The quantitative estimate of drug-likeness (QED) is 0.733. The minimum Gasteiger partial charge on any atom is -0.342 e. The van der Waals surface area contributed by atoms with Gasteiger partial charge in [-0.3, -0.25) is 0 Å².